The minimum atomic E-state index is -0.682. The van der Waals surface area contributed by atoms with Crippen LogP contribution in [0.5, 0.6) is 0 Å². The lowest BCUT2D eigenvalue weighted by molar-refractivity contribution is 0.0518. The Morgan fingerprint density at radius 3 is 2.75 bits per heavy atom. The third-order valence-corrected chi connectivity index (χ3v) is 2.76. The lowest BCUT2D eigenvalue weighted by Gasteiger charge is -1.98. The van der Waals surface area contributed by atoms with E-state index >= 15 is 0 Å². The van der Waals surface area contributed by atoms with Gasteiger partial charge in [-0.25, -0.2) is 14.2 Å². The molecule has 1 aromatic carbocycles. The van der Waals surface area contributed by atoms with E-state index in [1.54, 1.807) is 0 Å². The summed E-state index contributed by atoms with van der Waals surface area (Å²) in [5.74, 6) is -1.22. The average molecular weight is 313 g/mol. The molecule has 0 aliphatic heterocycles. The van der Waals surface area contributed by atoms with E-state index in [1.165, 1.54) is 42.7 Å². The Morgan fingerprint density at radius 2 is 2.10 bits per heavy atom. The molecule has 0 unspecified atom stereocenters. The highest BCUT2D eigenvalue weighted by molar-refractivity contribution is 6.31. The zero-order chi connectivity index (χ0) is 14.5. The number of aromatic nitrogens is 1. The minimum Gasteiger partial charge on any atom is -0.313 e. The van der Waals surface area contributed by atoms with Crippen LogP contribution in [0.1, 0.15) is 15.9 Å². The Morgan fingerprint density at radius 1 is 1.30 bits per heavy atom. The van der Waals surface area contributed by atoms with Gasteiger partial charge in [-0.3, -0.25) is 0 Å². The molecule has 0 aliphatic carbocycles. The first kappa shape index (κ1) is 14.4. The summed E-state index contributed by atoms with van der Waals surface area (Å²) in [6.07, 6.45) is 2.52. The summed E-state index contributed by atoms with van der Waals surface area (Å²) in [4.78, 5) is 20.0. The molecule has 1 aromatic heterocycles. The van der Waals surface area contributed by atoms with E-state index in [2.05, 4.69) is 15.0 Å². The standard InChI is InChI=1S/C13H7Cl2FN2O2/c14-10-5-8(1-3-11(10)16)6-18-20-13(19)9-2-4-12(15)17-7-9/h1-7H/b18-6-. The largest absolute Gasteiger partial charge is 0.367 e. The SMILES string of the molecule is O=C(O/N=C\c1ccc(F)c(Cl)c1)c1ccc(Cl)nc1. The molecule has 2 rings (SSSR count). The molecule has 2 aromatic rings. The molecule has 0 radical (unpaired) electrons. The van der Waals surface area contributed by atoms with Gasteiger partial charge in [-0.15, -0.1) is 0 Å². The van der Waals surface area contributed by atoms with Gasteiger partial charge in [-0.2, -0.15) is 0 Å². The molecule has 0 N–H and O–H groups in total. The normalized spacial score (nSPS) is 10.8. The van der Waals surface area contributed by atoms with Crippen molar-refractivity contribution in [2.24, 2.45) is 5.16 Å². The second kappa shape index (κ2) is 6.45. The Hall–Kier alpha value is -1.98. The van der Waals surface area contributed by atoms with Gasteiger partial charge in [-0.05, 0) is 29.8 Å². The minimum absolute atomic E-state index is 0.0397. The molecule has 0 saturated carbocycles. The highest BCUT2D eigenvalue weighted by atomic mass is 35.5. The molecule has 0 atom stereocenters. The molecule has 0 aliphatic rings. The number of benzene rings is 1. The monoisotopic (exact) mass is 312 g/mol. The van der Waals surface area contributed by atoms with Crippen LogP contribution in [0.2, 0.25) is 10.2 Å². The van der Waals surface area contributed by atoms with Gasteiger partial charge in [0.25, 0.3) is 0 Å². The van der Waals surface area contributed by atoms with Gasteiger partial charge >= 0.3 is 5.97 Å². The summed E-state index contributed by atoms with van der Waals surface area (Å²) in [7, 11) is 0. The quantitative estimate of drug-likeness (QED) is 0.375. The number of rotatable bonds is 3. The van der Waals surface area contributed by atoms with Gasteiger partial charge in [0.1, 0.15) is 11.0 Å². The van der Waals surface area contributed by atoms with Crippen molar-refractivity contribution in [3.05, 3.63) is 63.6 Å². The smallest absolute Gasteiger partial charge is 0.313 e. The van der Waals surface area contributed by atoms with Crippen molar-refractivity contribution in [3.63, 3.8) is 0 Å². The molecule has 7 heteroatoms. The number of carbonyl (C=O) groups excluding carboxylic acids is 1. The molecule has 0 saturated heterocycles. The van der Waals surface area contributed by atoms with Crippen molar-refractivity contribution in [1.29, 1.82) is 0 Å². The van der Waals surface area contributed by atoms with Crippen LogP contribution in [0.4, 0.5) is 4.39 Å². The number of hydrogen-bond donors (Lipinski definition) is 0. The summed E-state index contributed by atoms with van der Waals surface area (Å²) in [6, 6.07) is 6.92. The van der Waals surface area contributed by atoms with Gasteiger partial charge < -0.3 is 4.84 Å². The topological polar surface area (TPSA) is 51.5 Å². The number of halogens is 3. The Kier molecular flexibility index (Phi) is 4.65. The van der Waals surface area contributed by atoms with Crippen LogP contribution in [0, 0.1) is 5.82 Å². The lowest BCUT2D eigenvalue weighted by Crippen LogP contribution is -2.01. The van der Waals surface area contributed by atoms with Crippen LogP contribution >= 0.6 is 23.2 Å². The zero-order valence-corrected chi connectivity index (χ0v) is 11.4. The van der Waals surface area contributed by atoms with Crippen molar-refractivity contribution in [1.82, 2.24) is 4.98 Å². The third kappa shape index (κ3) is 3.76. The van der Waals surface area contributed by atoms with Crippen molar-refractivity contribution in [2.75, 3.05) is 0 Å². The maximum Gasteiger partial charge on any atom is 0.367 e. The number of pyridine rings is 1. The van der Waals surface area contributed by atoms with E-state index in [0.717, 1.165) is 0 Å². The molecular weight excluding hydrogens is 306 g/mol. The first-order valence-corrected chi connectivity index (χ1v) is 6.13. The van der Waals surface area contributed by atoms with Gasteiger partial charge in [0.15, 0.2) is 0 Å². The van der Waals surface area contributed by atoms with Crippen LogP contribution in [0.15, 0.2) is 41.7 Å². The molecule has 0 fully saturated rings. The van der Waals surface area contributed by atoms with E-state index in [0.29, 0.717) is 5.56 Å². The summed E-state index contributed by atoms with van der Waals surface area (Å²) in [5.41, 5.74) is 0.710. The molecule has 0 spiro atoms. The Balaban J connectivity index is 2.00. The number of hydrogen-bond acceptors (Lipinski definition) is 4. The lowest BCUT2D eigenvalue weighted by atomic mass is 10.2. The molecule has 0 amide bonds. The second-order valence-electron chi connectivity index (χ2n) is 3.66. The maximum atomic E-state index is 12.9. The number of nitrogens with zero attached hydrogens (tertiary/aromatic N) is 2. The van der Waals surface area contributed by atoms with E-state index in [1.807, 2.05) is 0 Å². The predicted octanol–water partition coefficient (Wildman–Crippen LogP) is 3.72. The molecule has 0 bridgehead atoms. The van der Waals surface area contributed by atoms with Gasteiger partial charge in [-0.1, -0.05) is 34.4 Å². The van der Waals surface area contributed by atoms with E-state index in [9.17, 15) is 9.18 Å². The summed E-state index contributed by atoms with van der Waals surface area (Å²) in [5, 5.41) is 3.72. The van der Waals surface area contributed by atoms with Crippen LogP contribution in [0.3, 0.4) is 0 Å². The highest BCUT2D eigenvalue weighted by Crippen LogP contribution is 2.15. The van der Waals surface area contributed by atoms with Crippen LogP contribution in [-0.4, -0.2) is 17.2 Å². The van der Waals surface area contributed by atoms with Crippen molar-refractivity contribution in [3.8, 4) is 0 Å². The molecular formula is C13H7Cl2FN2O2. The summed E-state index contributed by atoms with van der Waals surface area (Å²) >= 11 is 11.2. The summed E-state index contributed by atoms with van der Waals surface area (Å²) < 4.78 is 12.9. The average Bonchev–Trinajstić information content (AvgIpc) is 2.43. The number of oxime groups is 1. The highest BCUT2D eigenvalue weighted by Gasteiger charge is 2.07. The van der Waals surface area contributed by atoms with Crippen molar-refractivity contribution >= 4 is 35.4 Å². The maximum absolute atomic E-state index is 12.9. The third-order valence-electron chi connectivity index (χ3n) is 2.24. The van der Waals surface area contributed by atoms with E-state index in [-0.39, 0.29) is 15.7 Å². The van der Waals surface area contributed by atoms with Crippen molar-refractivity contribution in [2.45, 2.75) is 0 Å². The number of carbonyl (C=O) groups is 1. The fraction of sp³-hybridized carbons (Fsp3) is 0. The van der Waals surface area contributed by atoms with Gasteiger partial charge in [0, 0.05) is 6.20 Å². The van der Waals surface area contributed by atoms with Crippen LogP contribution in [0.25, 0.3) is 0 Å². The van der Waals surface area contributed by atoms with E-state index < -0.39 is 11.8 Å². The first-order valence-electron chi connectivity index (χ1n) is 5.37. The fourth-order valence-electron chi connectivity index (χ4n) is 1.28. The van der Waals surface area contributed by atoms with Gasteiger partial charge in [0.2, 0.25) is 0 Å². The second-order valence-corrected chi connectivity index (χ2v) is 4.45. The molecule has 1 heterocycles. The predicted molar refractivity (Wildman–Crippen MR) is 73.7 cm³/mol. The molecule has 102 valence electrons. The first-order chi connectivity index (χ1) is 9.56. The molecule has 20 heavy (non-hydrogen) atoms. The summed E-state index contributed by atoms with van der Waals surface area (Å²) in [6.45, 7) is 0. The van der Waals surface area contributed by atoms with Crippen molar-refractivity contribution < 1.29 is 14.0 Å². The Bertz CT molecular complexity index is 660. The van der Waals surface area contributed by atoms with Gasteiger partial charge in [0.05, 0.1) is 16.8 Å². The van der Waals surface area contributed by atoms with E-state index in [4.69, 9.17) is 23.2 Å². The zero-order valence-electron chi connectivity index (χ0n) is 9.89. The fourth-order valence-corrected chi connectivity index (χ4v) is 1.58. The Labute approximate surface area is 123 Å². The van der Waals surface area contributed by atoms with Crippen LogP contribution < -0.4 is 0 Å². The van der Waals surface area contributed by atoms with Crippen LogP contribution in [-0.2, 0) is 4.84 Å². The molecule has 4 nitrogen and oxygen atoms in total.